The first kappa shape index (κ1) is 19.4. The fraction of sp³-hybridized carbons (Fsp3) is 0.600. The Balaban J connectivity index is 2.04. The predicted molar refractivity (Wildman–Crippen MR) is 99.6 cm³/mol. The van der Waals surface area contributed by atoms with Crippen molar-refractivity contribution in [2.75, 3.05) is 25.0 Å². The van der Waals surface area contributed by atoms with Gasteiger partial charge in [0, 0.05) is 24.8 Å². The molecule has 0 aromatic heterocycles. The zero-order chi connectivity index (χ0) is 18.4. The molecule has 2 unspecified atom stereocenters. The molecule has 1 N–H and O–H groups in total. The molecule has 25 heavy (non-hydrogen) atoms. The van der Waals surface area contributed by atoms with E-state index in [9.17, 15) is 9.59 Å². The molecule has 1 aliphatic rings. The maximum atomic E-state index is 12.7. The highest BCUT2D eigenvalue weighted by Crippen LogP contribution is 2.19. The van der Waals surface area contributed by atoms with Gasteiger partial charge in [-0.15, -0.1) is 0 Å². The molecule has 2 rings (SSSR count). The molecule has 2 atom stereocenters. The van der Waals surface area contributed by atoms with Crippen LogP contribution in [0.2, 0.25) is 0 Å². The fourth-order valence-corrected chi connectivity index (χ4v) is 3.00. The number of hydrogen-bond donors (Lipinski definition) is 1. The van der Waals surface area contributed by atoms with Crippen molar-refractivity contribution < 1.29 is 14.3 Å². The van der Waals surface area contributed by atoms with E-state index in [1.54, 1.807) is 4.90 Å². The van der Waals surface area contributed by atoms with Gasteiger partial charge in [0.05, 0.1) is 12.6 Å². The van der Waals surface area contributed by atoms with E-state index in [1.165, 1.54) is 0 Å². The Morgan fingerprint density at radius 1 is 1.36 bits per heavy atom. The van der Waals surface area contributed by atoms with Crippen LogP contribution in [0.1, 0.15) is 44.2 Å². The lowest BCUT2D eigenvalue weighted by atomic mass is 10.1. The molecular weight excluding hydrogens is 316 g/mol. The second-order valence-electron chi connectivity index (χ2n) is 6.96. The Hall–Kier alpha value is -1.88. The van der Waals surface area contributed by atoms with Gasteiger partial charge in [-0.1, -0.05) is 26.0 Å². The minimum atomic E-state index is -0.164. The second kappa shape index (κ2) is 8.99. The van der Waals surface area contributed by atoms with E-state index in [-0.39, 0.29) is 30.4 Å². The Bertz CT molecular complexity index is 609. The number of carbonyl (C=O) groups is 2. The Kier molecular flexibility index (Phi) is 7.00. The molecule has 138 valence electrons. The molecule has 5 nitrogen and oxygen atoms in total. The lowest BCUT2D eigenvalue weighted by Crippen LogP contribution is -2.44. The molecule has 0 bridgehead atoms. The first-order valence-electron chi connectivity index (χ1n) is 9.18. The number of benzene rings is 1. The van der Waals surface area contributed by atoms with Gasteiger partial charge in [-0.2, -0.15) is 0 Å². The van der Waals surface area contributed by atoms with Gasteiger partial charge in [0.1, 0.15) is 0 Å². The van der Waals surface area contributed by atoms with Crippen molar-refractivity contribution in [3.8, 4) is 0 Å². The quantitative estimate of drug-likeness (QED) is 0.824. The van der Waals surface area contributed by atoms with Gasteiger partial charge in [0.15, 0.2) is 0 Å². The summed E-state index contributed by atoms with van der Waals surface area (Å²) in [5.74, 6) is -0.229. The van der Waals surface area contributed by atoms with Crippen molar-refractivity contribution in [1.29, 1.82) is 0 Å². The summed E-state index contributed by atoms with van der Waals surface area (Å²) < 4.78 is 5.66. The number of rotatable bonds is 7. The summed E-state index contributed by atoms with van der Waals surface area (Å²) in [6.45, 7) is 9.20. The summed E-state index contributed by atoms with van der Waals surface area (Å²) in [6.07, 6.45) is 2.77. The van der Waals surface area contributed by atoms with Crippen molar-refractivity contribution in [3.63, 3.8) is 0 Å². The molecule has 5 heteroatoms. The van der Waals surface area contributed by atoms with E-state index in [0.717, 1.165) is 42.7 Å². The zero-order valence-corrected chi connectivity index (χ0v) is 15.8. The maximum Gasteiger partial charge on any atom is 0.244 e. The molecule has 1 saturated heterocycles. The van der Waals surface area contributed by atoms with Crippen LogP contribution in [0.5, 0.6) is 0 Å². The minimum Gasteiger partial charge on any atom is -0.376 e. The van der Waals surface area contributed by atoms with Gasteiger partial charge in [-0.25, -0.2) is 0 Å². The Labute approximate surface area is 150 Å². The highest BCUT2D eigenvalue weighted by molar-refractivity contribution is 5.95. The molecule has 2 amide bonds. The standard InChI is InChI=1S/C20H30N2O3/c1-5-14(2)20(24)22(12-17-9-7-11-25-17)13-19(23)21-18-10-6-8-15(3)16(18)4/h6,8,10,14,17H,5,7,9,11-13H2,1-4H3,(H,21,23). The van der Waals surface area contributed by atoms with Gasteiger partial charge in [-0.3, -0.25) is 9.59 Å². The van der Waals surface area contributed by atoms with Crippen molar-refractivity contribution in [1.82, 2.24) is 4.90 Å². The van der Waals surface area contributed by atoms with Crippen molar-refractivity contribution in [3.05, 3.63) is 29.3 Å². The van der Waals surface area contributed by atoms with Crippen molar-refractivity contribution in [2.24, 2.45) is 5.92 Å². The van der Waals surface area contributed by atoms with E-state index < -0.39 is 0 Å². The molecule has 0 saturated carbocycles. The Morgan fingerprint density at radius 2 is 2.12 bits per heavy atom. The molecule has 1 aromatic rings. The average Bonchev–Trinajstić information content (AvgIpc) is 3.10. The second-order valence-corrected chi connectivity index (χ2v) is 6.96. The summed E-state index contributed by atoms with van der Waals surface area (Å²) in [5, 5.41) is 2.94. The molecule has 0 radical (unpaired) electrons. The number of ether oxygens (including phenoxy) is 1. The van der Waals surface area contributed by atoms with Gasteiger partial charge in [0.2, 0.25) is 11.8 Å². The first-order valence-corrected chi connectivity index (χ1v) is 9.18. The van der Waals surface area contributed by atoms with Gasteiger partial charge in [0.25, 0.3) is 0 Å². The first-order chi connectivity index (χ1) is 11.9. The topological polar surface area (TPSA) is 58.6 Å². The van der Waals surface area contributed by atoms with Crippen LogP contribution in [0.25, 0.3) is 0 Å². The highest BCUT2D eigenvalue weighted by Gasteiger charge is 2.26. The van der Waals surface area contributed by atoms with Crippen LogP contribution in [0.3, 0.4) is 0 Å². The summed E-state index contributed by atoms with van der Waals surface area (Å²) in [6, 6.07) is 5.83. The number of hydrogen-bond acceptors (Lipinski definition) is 3. The van der Waals surface area contributed by atoms with Crippen LogP contribution in [0.15, 0.2) is 18.2 Å². The smallest absolute Gasteiger partial charge is 0.244 e. The number of carbonyl (C=O) groups excluding carboxylic acids is 2. The largest absolute Gasteiger partial charge is 0.376 e. The molecule has 0 spiro atoms. The summed E-state index contributed by atoms with van der Waals surface area (Å²) in [5.41, 5.74) is 2.98. The average molecular weight is 346 g/mol. The van der Waals surface area contributed by atoms with Gasteiger partial charge < -0.3 is 15.0 Å². The van der Waals surface area contributed by atoms with E-state index >= 15 is 0 Å². The molecule has 1 aliphatic heterocycles. The van der Waals surface area contributed by atoms with Crippen LogP contribution in [-0.4, -0.2) is 42.5 Å². The van der Waals surface area contributed by atoms with Crippen molar-refractivity contribution >= 4 is 17.5 Å². The van der Waals surface area contributed by atoms with Crippen molar-refractivity contribution in [2.45, 2.75) is 53.1 Å². The predicted octanol–water partition coefficient (Wildman–Crippen LogP) is 3.30. The number of anilines is 1. The van der Waals surface area contributed by atoms with Crippen LogP contribution in [0, 0.1) is 19.8 Å². The van der Waals surface area contributed by atoms with Crippen LogP contribution in [0.4, 0.5) is 5.69 Å². The third kappa shape index (κ3) is 5.30. The third-order valence-electron chi connectivity index (χ3n) is 5.01. The number of amides is 2. The summed E-state index contributed by atoms with van der Waals surface area (Å²) in [7, 11) is 0. The number of aryl methyl sites for hydroxylation is 1. The molecule has 0 aliphatic carbocycles. The van der Waals surface area contributed by atoms with E-state index in [0.29, 0.717) is 6.54 Å². The SMILES string of the molecule is CCC(C)C(=O)N(CC(=O)Nc1cccc(C)c1C)CC1CCCO1. The monoisotopic (exact) mass is 346 g/mol. The lowest BCUT2D eigenvalue weighted by Gasteiger charge is -2.27. The number of nitrogens with one attached hydrogen (secondary N) is 1. The molecule has 1 fully saturated rings. The van der Waals surface area contributed by atoms with E-state index in [1.807, 2.05) is 45.9 Å². The molecule has 1 aromatic carbocycles. The van der Waals surface area contributed by atoms with E-state index in [2.05, 4.69) is 5.32 Å². The van der Waals surface area contributed by atoms with Gasteiger partial charge in [-0.05, 0) is 50.3 Å². The molecular formula is C20H30N2O3. The van der Waals surface area contributed by atoms with Gasteiger partial charge >= 0.3 is 0 Å². The van der Waals surface area contributed by atoms with Crippen LogP contribution < -0.4 is 5.32 Å². The Morgan fingerprint density at radius 3 is 2.76 bits per heavy atom. The molecule has 1 heterocycles. The van der Waals surface area contributed by atoms with E-state index in [4.69, 9.17) is 4.74 Å². The van der Waals surface area contributed by atoms with Crippen LogP contribution >= 0.6 is 0 Å². The fourth-order valence-electron chi connectivity index (χ4n) is 3.00. The maximum absolute atomic E-state index is 12.7. The third-order valence-corrected chi connectivity index (χ3v) is 5.01. The minimum absolute atomic E-state index is 0.0223. The lowest BCUT2D eigenvalue weighted by molar-refractivity contribution is -0.139. The zero-order valence-electron chi connectivity index (χ0n) is 15.8. The number of nitrogens with zero attached hydrogens (tertiary/aromatic N) is 1. The highest BCUT2D eigenvalue weighted by atomic mass is 16.5. The summed E-state index contributed by atoms with van der Waals surface area (Å²) >= 11 is 0. The normalized spacial score (nSPS) is 18.0. The van der Waals surface area contributed by atoms with Crippen LogP contribution in [-0.2, 0) is 14.3 Å². The summed E-state index contributed by atoms with van der Waals surface area (Å²) in [4.78, 5) is 26.8.